The molecular weight excluding hydrogens is 316 g/mol. The number of carbonyl (C=O) groups excluding carboxylic acids is 1. The van der Waals surface area contributed by atoms with Crippen LogP contribution in [0.3, 0.4) is 0 Å². The molecular formula is C16H20N2O4S. The van der Waals surface area contributed by atoms with E-state index in [0.29, 0.717) is 24.4 Å². The molecule has 0 saturated heterocycles. The Balaban J connectivity index is 1.94. The van der Waals surface area contributed by atoms with Crippen molar-refractivity contribution >= 4 is 23.2 Å². The molecule has 0 radical (unpaired) electrons. The zero-order valence-electron chi connectivity index (χ0n) is 13.2. The molecule has 0 atom stereocenters. The number of aliphatic carboxylic acids is 1. The highest BCUT2D eigenvalue weighted by Crippen LogP contribution is 2.26. The van der Waals surface area contributed by atoms with Gasteiger partial charge in [0.25, 0.3) is 0 Å². The molecule has 0 unspecified atom stereocenters. The average molecular weight is 336 g/mol. The van der Waals surface area contributed by atoms with E-state index in [4.69, 9.17) is 4.42 Å². The van der Waals surface area contributed by atoms with Crippen LogP contribution in [0.4, 0.5) is 0 Å². The number of hydrogen-bond donors (Lipinski definition) is 2. The van der Waals surface area contributed by atoms with Crippen molar-refractivity contribution in [3.8, 4) is 10.8 Å². The zero-order valence-corrected chi connectivity index (χ0v) is 14.0. The second-order valence-corrected chi connectivity index (χ2v) is 6.32. The summed E-state index contributed by atoms with van der Waals surface area (Å²) in [4.78, 5) is 28.6. The van der Waals surface area contributed by atoms with E-state index < -0.39 is 11.4 Å². The number of nitrogens with zero attached hydrogens (tertiary/aromatic N) is 1. The molecule has 6 nitrogen and oxygen atoms in total. The molecule has 0 aliphatic heterocycles. The topological polar surface area (TPSA) is 92.4 Å². The first kappa shape index (κ1) is 17.2. The molecule has 2 rings (SSSR count). The largest absolute Gasteiger partial charge is 0.481 e. The highest BCUT2D eigenvalue weighted by atomic mass is 32.1. The quantitative estimate of drug-likeness (QED) is 0.773. The number of hydrogen-bond acceptors (Lipinski definition) is 5. The molecule has 2 N–H and O–H groups in total. The lowest BCUT2D eigenvalue weighted by molar-refractivity contribution is -0.149. The number of thiophene rings is 1. The monoisotopic (exact) mass is 336 g/mol. The molecule has 2 aromatic rings. The van der Waals surface area contributed by atoms with E-state index in [0.717, 1.165) is 4.88 Å². The predicted octanol–water partition coefficient (Wildman–Crippen LogP) is 2.95. The van der Waals surface area contributed by atoms with Crippen LogP contribution in [0.2, 0.25) is 0 Å². The lowest BCUT2D eigenvalue weighted by atomic mass is 9.82. The van der Waals surface area contributed by atoms with E-state index >= 15 is 0 Å². The molecule has 0 bridgehead atoms. The van der Waals surface area contributed by atoms with Crippen LogP contribution in [-0.2, 0) is 16.0 Å². The summed E-state index contributed by atoms with van der Waals surface area (Å²) in [5.41, 5.74) is -0.387. The summed E-state index contributed by atoms with van der Waals surface area (Å²) in [6, 6.07) is 3.79. The SMILES string of the molecule is CCC(CC)(CNC(=O)Cc1coc(-c2cccs2)n1)C(=O)O. The van der Waals surface area contributed by atoms with Crippen molar-refractivity contribution in [2.24, 2.45) is 5.41 Å². The third kappa shape index (κ3) is 3.98. The highest BCUT2D eigenvalue weighted by molar-refractivity contribution is 7.13. The average Bonchev–Trinajstić information content (AvgIpc) is 3.19. The van der Waals surface area contributed by atoms with Gasteiger partial charge in [-0.2, -0.15) is 0 Å². The van der Waals surface area contributed by atoms with E-state index in [-0.39, 0.29) is 18.9 Å². The van der Waals surface area contributed by atoms with Gasteiger partial charge < -0.3 is 14.8 Å². The first-order chi connectivity index (χ1) is 11.0. The van der Waals surface area contributed by atoms with E-state index in [1.807, 2.05) is 31.4 Å². The lowest BCUT2D eigenvalue weighted by Gasteiger charge is -2.26. The van der Waals surface area contributed by atoms with Gasteiger partial charge in [0, 0.05) is 6.54 Å². The molecule has 2 heterocycles. The number of oxazole rings is 1. The van der Waals surface area contributed by atoms with Crippen LogP contribution >= 0.6 is 11.3 Å². The number of carboxylic acid groups (broad SMARTS) is 1. The standard InChI is InChI=1S/C16H20N2O4S/c1-3-16(4-2,15(20)21)10-17-13(19)8-11-9-22-14(18-11)12-6-5-7-23-12/h5-7,9H,3-4,8,10H2,1-2H3,(H,17,19)(H,20,21). The van der Waals surface area contributed by atoms with Gasteiger partial charge in [-0.05, 0) is 24.3 Å². The Hall–Kier alpha value is -2.15. The van der Waals surface area contributed by atoms with Crippen LogP contribution in [-0.4, -0.2) is 28.5 Å². The van der Waals surface area contributed by atoms with Crippen molar-refractivity contribution in [1.82, 2.24) is 10.3 Å². The minimum atomic E-state index is -0.915. The van der Waals surface area contributed by atoms with Crippen molar-refractivity contribution in [2.75, 3.05) is 6.54 Å². The Bertz CT molecular complexity index is 659. The first-order valence-corrected chi connectivity index (χ1v) is 8.37. The predicted molar refractivity (Wildman–Crippen MR) is 87.2 cm³/mol. The summed E-state index contributed by atoms with van der Waals surface area (Å²) in [6.07, 6.45) is 2.45. The summed E-state index contributed by atoms with van der Waals surface area (Å²) in [5, 5.41) is 14.0. The zero-order chi connectivity index (χ0) is 16.9. The summed E-state index contributed by atoms with van der Waals surface area (Å²) in [5.74, 6) is -0.655. The van der Waals surface area contributed by atoms with Crippen LogP contribution in [0.25, 0.3) is 10.8 Å². The highest BCUT2D eigenvalue weighted by Gasteiger charge is 2.35. The number of aromatic nitrogens is 1. The smallest absolute Gasteiger partial charge is 0.311 e. The summed E-state index contributed by atoms with van der Waals surface area (Å²) in [6.45, 7) is 3.74. The van der Waals surface area contributed by atoms with Crippen molar-refractivity contribution in [3.05, 3.63) is 29.5 Å². The third-order valence-electron chi connectivity index (χ3n) is 4.06. The summed E-state index contributed by atoms with van der Waals surface area (Å²) >= 11 is 1.51. The molecule has 0 aromatic carbocycles. The molecule has 2 aromatic heterocycles. The molecule has 1 amide bonds. The molecule has 0 spiro atoms. The Morgan fingerprint density at radius 3 is 2.70 bits per heavy atom. The van der Waals surface area contributed by atoms with Gasteiger partial charge >= 0.3 is 5.97 Å². The van der Waals surface area contributed by atoms with Crippen molar-refractivity contribution < 1.29 is 19.1 Å². The van der Waals surface area contributed by atoms with Crippen LogP contribution in [0.15, 0.2) is 28.2 Å². The second kappa shape index (κ2) is 7.41. The molecule has 0 saturated carbocycles. The molecule has 0 fully saturated rings. The van der Waals surface area contributed by atoms with Gasteiger partial charge in [0.05, 0.1) is 22.4 Å². The van der Waals surface area contributed by atoms with Gasteiger partial charge in [-0.1, -0.05) is 19.9 Å². The van der Waals surface area contributed by atoms with Crippen LogP contribution < -0.4 is 5.32 Å². The number of rotatable bonds is 8. The number of carboxylic acids is 1. The van der Waals surface area contributed by atoms with Gasteiger partial charge in [0.2, 0.25) is 11.8 Å². The number of nitrogens with one attached hydrogen (secondary N) is 1. The summed E-state index contributed by atoms with van der Waals surface area (Å²) in [7, 11) is 0. The Morgan fingerprint density at radius 2 is 2.13 bits per heavy atom. The Morgan fingerprint density at radius 1 is 1.39 bits per heavy atom. The van der Waals surface area contributed by atoms with Crippen molar-refractivity contribution in [3.63, 3.8) is 0 Å². The van der Waals surface area contributed by atoms with Crippen LogP contribution in [0.1, 0.15) is 32.4 Å². The maximum Gasteiger partial charge on any atom is 0.311 e. The maximum absolute atomic E-state index is 12.0. The lowest BCUT2D eigenvalue weighted by Crippen LogP contribution is -2.42. The van der Waals surface area contributed by atoms with E-state index in [1.165, 1.54) is 17.6 Å². The van der Waals surface area contributed by atoms with Gasteiger partial charge in [-0.25, -0.2) is 4.98 Å². The molecule has 0 aliphatic carbocycles. The van der Waals surface area contributed by atoms with E-state index in [2.05, 4.69) is 10.3 Å². The van der Waals surface area contributed by atoms with Gasteiger partial charge in [-0.15, -0.1) is 11.3 Å². The van der Waals surface area contributed by atoms with Crippen molar-refractivity contribution in [2.45, 2.75) is 33.1 Å². The molecule has 23 heavy (non-hydrogen) atoms. The van der Waals surface area contributed by atoms with Gasteiger partial charge in [0.15, 0.2) is 0 Å². The fourth-order valence-electron chi connectivity index (χ4n) is 2.27. The maximum atomic E-state index is 12.0. The first-order valence-electron chi connectivity index (χ1n) is 7.49. The third-order valence-corrected chi connectivity index (χ3v) is 4.91. The molecule has 7 heteroatoms. The number of carbonyl (C=O) groups is 2. The van der Waals surface area contributed by atoms with Crippen LogP contribution in [0.5, 0.6) is 0 Å². The van der Waals surface area contributed by atoms with Gasteiger partial charge in [0.1, 0.15) is 6.26 Å². The summed E-state index contributed by atoms with van der Waals surface area (Å²) < 4.78 is 5.36. The molecule has 124 valence electrons. The fourth-order valence-corrected chi connectivity index (χ4v) is 2.93. The minimum absolute atomic E-state index is 0.0675. The normalized spacial score (nSPS) is 11.4. The van der Waals surface area contributed by atoms with Crippen molar-refractivity contribution in [1.29, 1.82) is 0 Å². The fraction of sp³-hybridized carbons (Fsp3) is 0.438. The van der Waals surface area contributed by atoms with Crippen LogP contribution in [0, 0.1) is 5.41 Å². The van der Waals surface area contributed by atoms with E-state index in [9.17, 15) is 14.7 Å². The minimum Gasteiger partial charge on any atom is -0.481 e. The molecule has 0 aliphatic rings. The Kier molecular flexibility index (Phi) is 5.54. The van der Waals surface area contributed by atoms with Gasteiger partial charge in [-0.3, -0.25) is 9.59 Å². The Labute approximate surface area is 138 Å². The second-order valence-electron chi connectivity index (χ2n) is 5.37. The number of amides is 1. The van der Waals surface area contributed by atoms with E-state index in [1.54, 1.807) is 0 Å².